The molecule has 0 heterocycles. The first-order valence-electron chi connectivity index (χ1n) is 10.8. The third kappa shape index (κ3) is 11.5. The van der Waals surface area contributed by atoms with E-state index in [4.69, 9.17) is 4.74 Å². The molecule has 0 saturated carbocycles. The van der Waals surface area contributed by atoms with Crippen LogP contribution < -0.4 is 10.6 Å². The molecule has 6 nitrogen and oxygen atoms in total. The zero-order chi connectivity index (χ0) is 21.7. The Kier molecular flexibility index (Phi) is 11.4. The van der Waals surface area contributed by atoms with E-state index in [1.54, 1.807) is 20.8 Å². The maximum absolute atomic E-state index is 12.5. The van der Waals surface area contributed by atoms with Gasteiger partial charge in [0.1, 0.15) is 11.6 Å². The summed E-state index contributed by atoms with van der Waals surface area (Å²) < 4.78 is 5.19. The number of hydrogen-bond donors (Lipinski definition) is 3. The van der Waals surface area contributed by atoms with Crippen molar-refractivity contribution in [3.8, 4) is 0 Å². The van der Waals surface area contributed by atoms with E-state index in [-0.39, 0.29) is 18.9 Å². The summed E-state index contributed by atoms with van der Waals surface area (Å²) in [6, 6.07) is 6.91. The summed E-state index contributed by atoms with van der Waals surface area (Å²) in [6.45, 7) is 7.26. The highest BCUT2D eigenvalue weighted by molar-refractivity contribution is 5.96. The lowest BCUT2D eigenvalue weighted by molar-refractivity contribution is -0.118. The van der Waals surface area contributed by atoms with Gasteiger partial charge in [-0.15, -0.1) is 0 Å². The van der Waals surface area contributed by atoms with Gasteiger partial charge >= 0.3 is 6.09 Å². The van der Waals surface area contributed by atoms with Crippen LogP contribution in [0.15, 0.2) is 24.3 Å². The normalized spacial score (nSPS) is 12.3. The highest BCUT2D eigenvalue weighted by Gasteiger charge is 2.24. The van der Waals surface area contributed by atoms with Crippen molar-refractivity contribution in [2.75, 3.05) is 11.9 Å². The van der Waals surface area contributed by atoms with Crippen LogP contribution in [0.2, 0.25) is 0 Å². The van der Waals surface area contributed by atoms with Crippen molar-refractivity contribution in [3.05, 3.63) is 29.8 Å². The van der Waals surface area contributed by atoms with Gasteiger partial charge < -0.3 is 20.5 Å². The molecule has 0 aliphatic heterocycles. The Labute approximate surface area is 175 Å². The molecule has 164 valence electrons. The molecule has 1 rings (SSSR count). The van der Waals surface area contributed by atoms with E-state index in [0.717, 1.165) is 6.42 Å². The predicted octanol–water partition coefficient (Wildman–Crippen LogP) is 4.80. The number of rotatable bonds is 12. The highest BCUT2D eigenvalue weighted by atomic mass is 16.6. The third-order valence-corrected chi connectivity index (χ3v) is 4.47. The van der Waals surface area contributed by atoms with Crippen molar-refractivity contribution in [1.82, 2.24) is 5.32 Å². The Morgan fingerprint density at radius 3 is 2.24 bits per heavy atom. The van der Waals surface area contributed by atoms with Crippen LogP contribution in [0, 0.1) is 0 Å². The maximum Gasteiger partial charge on any atom is 0.408 e. The number of unbranched alkanes of at least 4 members (excludes halogenated alkanes) is 5. The number of benzene rings is 1. The van der Waals surface area contributed by atoms with Gasteiger partial charge in [-0.3, -0.25) is 4.79 Å². The minimum absolute atomic E-state index is 0.112. The fourth-order valence-electron chi connectivity index (χ4n) is 2.94. The fraction of sp³-hybridized carbons (Fsp3) is 0.652. The van der Waals surface area contributed by atoms with E-state index in [0.29, 0.717) is 5.69 Å². The molecule has 0 bridgehead atoms. The summed E-state index contributed by atoms with van der Waals surface area (Å²) in [5.41, 5.74) is 1.25. The molecule has 29 heavy (non-hydrogen) atoms. The molecule has 0 saturated heterocycles. The smallest absolute Gasteiger partial charge is 0.408 e. The minimum atomic E-state index is -0.863. The second-order valence-electron chi connectivity index (χ2n) is 8.42. The van der Waals surface area contributed by atoms with Gasteiger partial charge in [-0.05, 0) is 57.7 Å². The fourth-order valence-corrected chi connectivity index (χ4v) is 2.94. The summed E-state index contributed by atoms with van der Waals surface area (Å²) in [5.74, 6) is -0.381. The van der Waals surface area contributed by atoms with Crippen molar-refractivity contribution in [1.29, 1.82) is 0 Å². The number of aryl methyl sites for hydroxylation is 1. The average molecular weight is 407 g/mol. The number of nitrogens with one attached hydrogen (secondary N) is 2. The number of aliphatic hydroxyl groups is 1. The zero-order valence-electron chi connectivity index (χ0n) is 18.4. The number of amides is 2. The molecule has 1 unspecified atom stereocenters. The van der Waals surface area contributed by atoms with Crippen LogP contribution in [0.5, 0.6) is 0 Å². The monoisotopic (exact) mass is 406 g/mol. The van der Waals surface area contributed by atoms with Crippen molar-refractivity contribution in [3.63, 3.8) is 0 Å². The third-order valence-electron chi connectivity index (χ3n) is 4.47. The lowest BCUT2D eigenvalue weighted by Gasteiger charge is -2.23. The molecule has 0 aliphatic rings. The van der Waals surface area contributed by atoms with Crippen LogP contribution in [0.4, 0.5) is 10.5 Å². The summed E-state index contributed by atoms with van der Waals surface area (Å²) in [4.78, 5) is 24.4. The summed E-state index contributed by atoms with van der Waals surface area (Å²) >= 11 is 0. The van der Waals surface area contributed by atoms with Crippen molar-refractivity contribution in [2.24, 2.45) is 0 Å². The summed E-state index contributed by atoms with van der Waals surface area (Å²) in [7, 11) is 0. The summed E-state index contributed by atoms with van der Waals surface area (Å²) in [5, 5.41) is 14.5. The van der Waals surface area contributed by atoms with Crippen LogP contribution in [0.25, 0.3) is 0 Å². The molecule has 0 radical (unpaired) electrons. The van der Waals surface area contributed by atoms with Crippen LogP contribution in [0.3, 0.4) is 0 Å². The Morgan fingerprint density at radius 1 is 1.03 bits per heavy atom. The van der Waals surface area contributed by atoms with Gasteiger partial charge in [-0.25, -0.2) is 4.79 Å². The zero-order valence-corrected chi connectivity index (χ0v) is 18.4. The van der Waals surface area contributed by atoms with Crippen molar-refractivity contribution < 1.29 is 19.4 Å². The first-order valence-corrected chi connectivity index (χ1v) is 10.8. The van der Waals surface area contributed by atoms with Gasteiger partial charge in [-0.2, -0.15) is 0 Å². The van der Waals surface area contributed by atoms with Crippen LogP contribution in [-0.2, 0) is 16.0 Å². The topological polar surface area (TPSA) is 87.7 Å². The molecule has 6 heteroatoms. The molecule has 0 spiro atoms. The number of aliphatic hydroxyl groups excluding tert-OH is 1. The molecule has 0 fully saturated rings. The molecule has 2 amide bonds. The molecule has 3 N–H and O–H groups in total. The summed E-state index contributed by atoms with van der Waals surface area (Å²) in [6.07, 6.45) is 8.07. The van der Waals surface area contributed by atoms with Crippen molar-refractivity contribution in [2.45, 2.75) is 90.7 Å². The highest BCUT2D eigenvalue weighted by Crippen LogP contribution is 2.14. The van der Waals surface area contributed by atoms with E-state index in [2.05, 4.69) is 17.6 Å². The molecule has 1 aromatic rings. The minimum Gasteiger partial charge on any atom is -0.444 e. The van der Waals surface area contributed by atoms with Crippen LogP contribution in [0.1, 0.15) is 78.2 Å². The Balaban J connectivity index is 2.50. The van der Waals surface area contributed by atoms with E-state index >= 15 is 0 Å². The first-order chi connectivity index (χ1) is 13.7. The number of hydrogen-bond acceptors (Lipinski definition) is 4. The molecular weight excluding hydrogens is 368 g/mol. The Morgan fingerprint density at radius 2 is 1.66 bits per heavy atom. The largest absolute Gasteiger partial charge is 0.444 e. The van der Waals surface area contributed by atoms with Gasteiger partial charge in [-0.1, -0.05) is 51.2 Å². The Bertz CT molecular complexity index is 608. The van der Waals surface area contributed by atoms with Crippen LogP contribution >= 0.6 is 0 Å². The molecule has 0 aliphatic carbocycles. The second-order valence-corrected chi connectivity index (χ2v) is 8.42. The van der Waals surface area contributed by atoms with Gasteiger partial charge in [0.25, 0.3) is 0 Å². The number of alkyl carbamates (subject to hydrolysis) is 1. The van der Waals surface area contributed by atoms with Gasteiger partial charge in [0, 0.05) is 12.3 Å². The average Bonchev–Trinajstić information content (AvgIpc) is 2.64. The SMILES string of the molecule is CCCCCCCCc1ccc(NC(=O)C(CCO)NC(=O)OC(C)(C)C)cc1. The second kappa shape index (κ2) is 13.2. The van der Waals surface area contributed by atoms with E-state index in [1.807, 2.05) is 24.3 Å². The maximum atomic E-state index is 12.5. The standard InChI is InChI=1S/C23H38N2O4/c1-5-6-7-8-9-10-11-18-12-14-19(15-13-18)24-21(27)20(16-17-26)25-22(28)29-23(2,3)4/h12-15,20,26H,5-11,16-17H2,1-4H3,(H,24,27)(H,25,28). The number of ether oxygens (including phenoxy) is 1. The molecular formula is C23H38N2O4. The van der Waals surface area contributed by atoms with E-state index < -0.39 is 17.7 Å². The number of carbonyl (C=O) groups is 2. The lowest BCUT2D eigenvalue weighted by Crippen LogP contribution is -2.46. The van der Waals surface area contributed by atoms with Gasteiger partial charge in [0.2, 0.25) is 5.91 Å². The molecule has 1 aromatic carbocycles. The van der Waals surface area contributed by atoms with Gasteiger partial charge in [0.05, 0.1) is 0 Å². The van der Waals surface area contributed by atoms with Crippen LogP contribution in [-0.4, -0.2) is 35.4 Å². The first kappa shape index (κ1) is 25.0. The molecule has 0 aromatic heterocycles. The van der Waals surface area contributed by atoms with Gasteiger partial charge in [0.15, 0.2) is 0 Å². The number of anilines is 1. The quantitative estimate of drug-likeness (QED) is 0.435. The van der Waals surface area contributed by atoms with Crippen molar-refractivity contribution >= 4 is 17.7 Å². The van der Waals surface area contributed by atoms with E-state index in [1.165, 1.54) is 44.1 Å². The predicted molar refractivity (Wildman–Crippen MR) is 117 cm³/mol. The Hall–Kier alpha value is -2.08. The molecule has 1 atom stereocenters. The van der Waals surface area contributed by atoms with E-state index in [9.17, 15) is 14.7 Å². The lowest BCUT2D eigenvalue weighted by atomic mass is 10.0. The number of carbonyl (C=O) groups excluding carboxylic acids is 2.